The molecule has 4 atom stereocenters. The van der Waals surface area contributed by atoms with Gasteiger partial charge in [0.2, 0.25) is 5.96 Å². The van der Waals surface area contributed by atoms with E-state index >= 15 is 0 Å². The number of carbonyl (C=O) groups is 1. The second-order valence-electron chi connectivity index (χ2n) is 5.83. The van der Waals surface area contributed by atoms with Crippen molar-refractivity contribution in [1.29, 1.82) is 0 Å². The highest BCUT2D eigenvalue weighted by Crippen LogP contribution is 2.15. The monoisotopic (exact) mass is 394 g/mol. The molecule has 152 valence electrons. The van der Waals surface area contributed by atoms with Crippen LogP contribution in [-0.2, 0) is 4.79 Å². The molecule has 1 aliphatic rings. The molecule has 2 rings (SSSR count). The van der Waals surface area contributed by atoms with Crippen molar-refractivity contribution in [2.45, 2.75) is 24.4 Å². The van der Waals surface area contributed by atoms with Crippen LogP contribution in [-0.4, -0.2) is 81.7 Å². The SMILES string of the molecule is COc1ccc(/C=C2\N=C(NN=CC(O)C(O)C(O)C(O)CO)NC2=O)cc1. The molecular formula is C17H22N4O7. The third kappa shape index (κ3) is 5.58. The topological polar surface area (TPSA) is 176 Å². The van der Waals surface area contributed by atoms with E-state index < -0.39 is 36.9 Å². The first-order valence-corrected chi connectivity index (χ1v) is 8.23. The lowest BCUT2D eigenvalue weighted by Gasteiger charge is -2.23. The van der Waals surface area contributed by atoms with Crippen LogP contribution in [0, 0.1) is 0 Å². The molecule has 0 radical (unpaired) electrons. The summed E-state index contributed by atoms with van der Waals surface area (Å²) in [5, 5.41) is 52.9. The van der Waals surface area contributed by atoms with Gasteiger partial charge in [0.05, 0.1) is 19.9 Å². The Labute approximate surface area is 160 Å². The van der Waals surface area contributed by atoms with E-state index in [1.807, 2.05) is 0 Å². The van der Waals surface area contributed by atoms with E-state index in [0.717, 1.165) is 11.8 Å². The number of benzene rings is 1. The van der Waals surface area contributed by atoms with Gasteiger partial charge in [-0.2, -0.15) is 5.10 Å². The first kappa shape index (κ1) is 21.5. The molecule has 0 bridgehead atoms. The molecule has 1 heterocycles. The number of hydrazone groups is 1. The smallest absolute Gasteiger partial charge is 0.276 e. The second-order valence-corrected chi connectivity index (χ2v) is 5.83. The second kappa shape index (κ2) is 9.92. The lowest BCUT2D eigenvalue weighted by atomic mass is 10.0. The van der Waals surface area contributed by atoms with E-state index in [-0.39, 0.29) is 11.7 Å². The number of methoxy groups -OCH3 is 1. The van der Waals surface area contributed by atoms with Crippen LogP contribution in [0.5, 0.6) is 5.75 Å². The molecule has 1 aromatic carbocycles. The number of hydrogen-bond donors (Lipinski definition) is 7. The average molecular weight is 394 g/mol. The summed E-state index contributed by atoms with van der Waals surface area (Å²) in [6, 6.07) is 6.98. The van der Waals surface area contributed by atoms with Gasteiger partial charge in [0.25, 0.3) is 5.91 Å². The van der Waals surface area contributed by atoms with Crippen LogP contribution < -0.4 is 15.5 Å². The van der Waals surface area contributed by atoms with Gasteiger partial charge in [-0.1, -0.05) is 12.1 Å². The van der Waals surface area contributed by atoms with E-state index in [1.165, 1.54) is 0 Å². The molecule has 0 saturated heterocycles. The van der Waals surface area contributed by atoms with Crippen molar-refractivity contribution in [2.75, 3.05) is 13.7 Å². The van der Waals surface area contributed by atoms with Crippen molar-refractivity contribution in [3.8, 4) is 5.75 Å². The predicted octanol–water partition coefficient (Wildman–Crippen LogP) is -2.47. The molecule has 1 amide bonds. The Kier molecular flexibility index (Phi) is 7.61. The molecule has 0 fully saturated rings. The molecule has 0 aliphatic carbocycles. The summed E-state index contributed by atoms with van der Waals surface area (Å²) >= 11 is 0. The molecule has 7 N–H and O–H groups in total. The molecular weight excluding hydrogens is 372 g/mol. The van der Waals surface area contributed by atoms with Crippen molar-refractivity contribution >= 4 is 24.2 Å². The van der Waals surface area contributed by atoms with Crippen molar-refractivity contribution in [3.63, 3.8) is 0 Å². The van der Waals surface area contributed by atoms with E-state index in [9.17, 15) is 25.2 Å². The fourth-order valence-electron chi connectivity index (χ4n) is 2.18. The first-order chi connectivity index (χ1) is 13.3. The number of rotatable bonds is 8. The van der Waals surface area contributed by atoms with Gasteiger partial charge in [-0.3, -0.25) is 10.1 Å². The third-order valence-electron chi connectivity index (χ3n) is 3.79. The minimum atomic E-state index is -1.78. The third-order valence-corrected chi connectivity index (χ3v) is 3.79. The zero-order chi connectivity index (χ0) is 20.7. The zero-order valence-electron chi connectivity index (χ0n) is 14.9. The Balaban J connectivity index is 1.97. The number of hydrogen-bond acceptors (Lipinski definition) is 10. The van der Waals surface area contributed by atoms with Gasteiger partial charge < -0.3 is 30.3 Å². The highest BCUT2D eigenvalue weighted by Gasteiger charge is 2.29. The Hall–Kier alpha value is -2.83. The number of aliphatic hydroxyl groups is 5. The summed E-state index contributed by atoms with van der Waals surface area (Å²) in [5.74, 6) is 0.213. The van der Waals surface area contributed by atoms with Crippen molar-refractivity contribution in [3.05, 3.63) is 35.5 Å². The first-order valence-electron chi connectivity index (χ1n) is 8.23. The van der Waals surface area contributed by atoms with Gasteiger partial charge >= 0.3 is 0 Å². The maximum absolute atomic E-state index is 11.9. The quantitative estimate of drug-likeness (QED) is 0.144. The molecule has 0 aromatic heterocycles. The highest BCUT2D eigenvalue weighted by atomic mass is 16.5. The summed E-state index contributed by atoms with van der Waals surface area (Å²) in [4.78, 5) is 15.9. The van der Waals surface area contributed by atoms with E-state index in [0.29, 0.717) is 5.75 Å². The van der Waals surface area contributed by atoms with E-state index in [1.54, 1.807) is 37.5 Å². The van der Waals surface area contributed by atoms with Gasteiger partial charge in [-0.15, -0.1) is 0 Å². The Morgan fingerprint density at radius 1 is 1.21 bits per heavy atom. The van der Waals surface area contributed by atoms with Gasteiger partial charge in [-0.05, 0) is 23.8 Å². The van der Waals surface area contributed by atoms with E-state index in [2.05, 4.69) is 20.8 Å². The molecule has 0 spiro atoms. The number of aliphatic hydroxyl groups excluding tert-OH is 5. The normalized spacial score (nSPS) is 19.9. The van der Waals surface area contributed by atoms with Crippen molar-refractivity contribution in [2.24, 2.45) is 10.1 Å². The van der Waals surface area contributed by atoms with Crippen LogP contribution in [0.3, 0.4) is 0 Å². The largest absolute Gasteiger partial charge is 0.497 e. The van der Waals surface area contributed by atoms with Crippen LogP contribution in [0.1, 0.15) is 5.56 Å². The lowest BCUT2D eigenvalue weighted by molar-refractivity contribution is -0.115. The minimum absolute atomic E-state index is 0.00126. The average Bonchev–Trinajstić information content (AvgIpc) is 3.05. The number of ether oxygens (including phenoxy) is 1. The summed E-state index contributed by atoms with van der Waals surface area (Å²) in [6.07, 6.45) is -4.41. The Bertz CT molecular complexity index is 763. The highest BCUT2D eigenvalue weighted by molar-refractivity contribution is 6.13. The molecule has 28 heavy (non-hydrogen) atoms. The zero-order valence-corrected chi connectivity index (χ0v) is 14.9. The number of nitrogens with one attached hydrogen (secondary N) is 2. The molecule has 1 aromatic rings. The van der Waals surface area contributed by atoms with Crippen LogP contribution in [0.25, 0.3) is 6.08 Å². The Morgan fingerprint density at radius 2 is 1.89 bits per heavy atom. The summed E-state index contributed by atoms with van der Waals surface area (Å²) in [5.41, 5.74) is 3.24. The lowest BCUT2D eigenvalue weighted by Crippen LogP contribution is -2.46. The molecule has 11 nitrogen and oxygen atoms in total. The standard InChI is InChI=1S/C17H22N4O7/c1-28-10-4-2-9(3-5-10)6-11-16(27)20-17(19-11)21-18-7-12(23)14(25)15(26)13(24)8-22/h2-7,12-15,22-26H,8H2,1H3,(H2,19,20,21,27)/b11-6-,18-7?. The van der Waals surface area contributed by atoms with Crippen LogP contribution in [0.2, 0.25) is 0 Å². The van der Waals surface area contributed by atoms with Crippen LogP contribution in [0.4, 0.5) is 0 Å². The van der Waals surface area contributed by atoms with Gasteiger partial charge in [0, 0.05) is 0 Å². The van der Waals surface area contributed by atoms with Gasteiger partial charge in [0.15, 0.2) is 0 Å². The molecule has 4 unspecified atom stereocenters. The summed E-state index contributed by atoms with van der Waals surface area (Å²) < 4.78 is 5.06. The fraction of sp³-hybridized carbons (Fsp3) is 0.353. The van der Waals surface area contributed by atoms with E-state index in [4.69, 9.17) is 9.84 Å². The van der Waals surface area contributed by atoms with Gasteiger partial charge in [-0.25, -0.2) is 10.4 Å². The summed E-state index contributed by atoms with van der Waals surface area (Å²) in [6.45, 7) is -0.785. The predicted molar refractivity (Wildman–Crippen MR) is 99.3 cm³/mol. The van der Waals surface area contributed by atoms with Crippen LogP contribution >= 0.6 is 0 Å². The molecule has 11 heteroatoms. The Morgan fingerprint density at radius 3 is 2.50 bits per heavy atom. The van der Waals surface area contributed by atoms with Crippen molar-refractivity contribution in [1.82, 2.24) is 10.7 Å². The number of amides is 1. The number of aliphatic imine (C=N–C) groups is 1. The summed E-state index contributed by atoms with van der Waals surface area (Å²) in [7, 11) is 1.55. The maximum Gasteiger partial charge on any atom is 0.276 e. The maximum atomic E-state index is 11.9. The van der Waals surface area contributed by atoms with Gasteiger partial charge in [0.1, 0.15) is 35.9 Å². The fourth-order valence-corrected chi connectivity index (χ4v) is 2.18. The number of guanidine groups is 1. The minimum Gasteiger partial charge on any atom is -0.497 e. The van der Waals surface area contributed by atoms with Crippen LogP contribution in [0.15, 0.2) is 40.1 Å². The number of nitrogens with zero attached hydrogens (tertiary/aromatic N) is 2. The van der Waals surface area contributed by atoms with Crippen molar-refractivity contribution < 1.29 is 35.1 Å². The number of carbonyl (C=O) groups excluding carboxylic acids is 1. The molecule has 0 saturated carbocycles. The molecule has 1 aliphatic heterocycles.